The minimum Gasteiger partial charge on any atom is -0.381 e. The standard InChI is InChI=1S/C21H32FNO2/c1-2-3-4-5-6-7-8-20(24)23-17-21(13-15-25-16-14-21)18-9-11-19(22)12-10-18/h9-12H,2-8,13-17H2,1H3,(H,23,24). The van der Waals surface area contributed by atoms with Crippen molar-refractivity contribution in [3.05, 3.63) is 35.6 Å². The predicted molar refractivity (Wildman–Crippen MR) is 99.1 cm³/mol. The molecule has 140 valence electrons. The topological polar surface area (TPSA) is 38.3 Å². The van der Waals surface area contributed by atoms with Gasteiger partial charge in [0, 0.05) is 31.6 Å². The number of unbranched alkanes of at least 4 members (excludes halogenated alkanes) is 5. The minimum atomic E-state index is -0.224. The largest absolute Gasteiger partial charge is 0.381 e. The number of amides is 1. The molecule has 1 aromatic carbocycles. The minimum absolute atomic E-state index is 0.128. The summed E-state index contributed by atoms with van der Waals surface area (Å²) in [5.41, 5.74) is 0.958. The molecular formula is C21H32FNO2. The van der Waals surface area contributed by atoms with Crippen LogP contribution in [0.4, 0.5) is 4.39 Å². The molecule has 1 aliphatic heterocycles. The third kappa shape index (κ3) is 6.43. The fraction of sp³-hybridized carbons (Fsp3) is 0.667. The summed E-state index contributed by atoms with van der Waals surface area (Å²) in [6.45, 7) is 4.19. The Bertz CT molecular complexity index is 509. The van der Waals surface area contributed by atoms with Crippen molar-refractivity contribution in [2.75, 3.05) is 19.8 Å². The molecule has 0 saturated carbocycles. The highest BCUT2D eigenvalue weighted by Gasteiger charge is 2.34. The molecule has 1 heterocycles. The molecular weight excluding hydrogens is 317 g/mol. The van der Waals surface area contributed by atoms with E-state index < -0.39 is 0 Å². The molecule has 1 N–H and O–H groups in total. The summed E-state index contributed by atoms with van der Waals surface area (Å²) in [6, 6.07) is 6.70. The van der Waals surface area contributed by atoms with Crippen molar-refractivity contribution in [1.29, 1.82) is 0 Å². The maximum Gasteiger partial charge on any atom is 0.220 e. The number of carbonyl (C=O) groups excluding carboxylic acids is 1. The molecule has 0 spiro atoms. The fourth-order valence-electron chi connectivity index (χ4n) is 3.56. The van der Waals surface area contributed by atoms with Gasteiger partial charge in [0.1, 0.15) is 5.82 Å². The summed E-state index contributed by atoms with van der Waals surface area (Å²) in [6.07, 6.45) is 9.43. The Hall–Kier alpha value is -1.42. The first kappa shape index (κ1) is 19.9. The van der Waals surface area contributed by atoms with E-state index in [-0.39, 0.29) is 17.1 Å². The van der Waals surface area contributed by atoms with E-state index in [1.807, 2.05) is 12.1 Å². The summed E-state index contributed by atoms with van der Waals surface area (Å²) in [5.74, 6) is -0.0958. The van der Waals surface area contributed by atoms with Crippen molar-refractivity contribution in [1.82, 2.24) is 5.32 Å². The lowest BCUT2D eigenvalue weighted by Gasteiger charge is -2.38. The molecule has 0 aromatic heterocycles. The van der Waals surface area contributed by atoms with Gasteiger partial charge >= 0.3 is 0 Å². The third-order valence-electron chi connectivity index (χ3n) is 5.29. The Balaban J connectivity index is 1.82. The second kappa shape index (κ2) is 10.5. The van der Waals surface area contributed by atoms with Crippen molar-refractivity contribution in [3.8, 4) is 0 Å². The van der Waals surface area contributed by atoms with Gasteiger partial charge in [0.05, 0.1) is 0 Å². The van der Waals surface area contributed by atoms with Gasteiger partial charge in [0.15, 0.2) is 0 Å². The number of hydrogen-bond acceptors (Lipinski definition) is 2. The average molecular weight is 349 g/mol. The summed E-state index contributed by atoms with van der Waals surface area (Å²) in [4.78, 5) is 12.2. The van der Waals surface area contributed by atoms with Gasteiger partial charge in [-0.3, -0.25) is 4.79 Å². The summed E-state index contributed by atoms with van der Waals surface area (Å²) >= 11 is 0. The van der Waals surface area contributed by atoms with Crippen molar-refractivity contribution in [3.63, 3.8) is 0 Å². The first-order valence-corrected chi connectivity index (χ1v) is 9.77. The van der Waals surface area contributed by atoms with Crippen molar-refractivity contribution >= 4 is 5.91 Å². The summed E-state index contributed by atoms with van der Waals surface area (Å²) in [5, 5.41) is 3.12. The van der Waals surface area contributed by atoms with Gasteiger partial charge in [-0.05, 0) is 37.0 Å². The summed E-state index contributed by atoms with van der Waals surface area (Å²) < 4.78 is 18.8. The quantitative estimate of drug-likeness (QED) is 0.620. The number of rotatable bonds is 10. The van der Waals surface area contributed by atoms with E-state index in [4.69, 9.17) is 4.74 Å². The molecule has 0 unspecified atom stereocenters. The molecule has 1 fully saturated rings. The Morgan fingerprint density at radius 1 is 1.08 bits per heavy atom. The predicted octanol–water partition coefficient (Wildman–Crippen LogP) is 4.74. The lowest BCUT2D eigenvalue weighted by molar-refractivity contribution is -0.121. The van der Waals surface area contributed by atoms with Gasteiger partial charge in [-0.15, -0.1) is 0 Å². The van der Waals surface area contributed by atoms with Crippen LogP contribution in [-0.2, 0) is 14.9 Å². The van der Waals surface area contributed by atoms with E-state index in [2.05, 4.69) is 12.2 Å². The highest BCUT2D eigenvalue weighted by Crippen LogP contribution is 2.34. The lowest BCUT2D eigenvalue weighted by atomic mass is 9.74. The highest BCUT2D eigenvalue weighted by molar-refractivity contribution is 5.76. The second-order valence-corrected chi connectivity index (χ2v) is 7.19. The lowest BCUT2D eigenvalue weighted by Crippen LogP contribution is -2.44. The molecule has 0 radical (unpaired) electrons. The number of hydrogen-bond donors (Lipinski definition) is 1. The van der Waals surface area contributed by atoms with E-state index >= 15 is 0 Å². The number of ether oxygens (including phenoxy) is 1. The SMILES string of the molecule is CCCCCCCCC(=O)NCC1(c2ccc(F)cc2)CCOCC1. The van der Waals surface area contributed by atoms with Gasteiger partial charge in [-0.25, -0.2) is 4.39 Å². The van der Waals surface area contributed by atoms with Crippen LogP contribution < -0.4 is 5.32 Å². The van der Waals surface area contributed by atoms with Crippen molar-refractivity contribution < 1.29 is 13.9 Å². The highest BCUT2D eigenvalue weighted by atomic mass is 19.1. The van der Waals surface area contributed by atoms with Crippen molar-refractivity contribution in [2.24, 2.45) is 0 Å². The Morgan fingerprint density at radius 2 is 1.72 bits per heavy atom. The molecule has 0 aliphatic carbocycles. The molecule has 3 nitrogen and oxygen atoms in total. The average Bonchev–Trinajstić information content (AvgIpc) is 2.64. The van der Waals surface area contributed by atoms with Crippen LogP contribution in [0.3, 0.4) is 0 Å². The molecule has 0 atom stereocenters. The molecule has 2 rings (SSSR count). The van der Waals surface area contributed by atoms with E-state index in [0.29, 0.717) is 26.2 Å². The van der Waals surface area contributed by atoms with E-state index in [9.17, 15) is 9.18 Å². The zero-order valence-electron chi connectivity index (χ0n) is 15.5. The Kier molecular flexibility index (Phi) is 8.39. The van der Waals surface area contributed by atoms with E-state index in [1.54, 1.807) is 0 Å². The molecule has 1 amide bonds. The normalized spacial score (nSPS) is 16.6. The van der Waals surface area contributed by atoms with Gasteiger partial charge in [-0.2, -0.15) is 0 Å². The van der Waals surface area contributed by atoms with E-state index in [0.717, 1.165) is 31.2 Å². The number of nitrogens with one attached hydrogen (secondary N) is 1. The smallest absolute Gasteiger partial charge is 0.220 e. The van der Waals surface area contributed by atoms with Crippen LogP contribution in [0.15, 0.2) is 24.3 Å². The fourth-order valence-corrected chi connectivity index (χ4v) is 3.56. The number of benzene rings is 1. The monoisotopic (exact) mass is 349 g/mol. The first-order valence-electron chi connectivity index (χ1n) is 9.77. The first-order chi connectivity index (χ1) is 12.2. The Morgan fingerprint density at radius 3 is 2.40 bits per heavy atom. The molecule has 0 bridgehead atoms. The van der Waals surface area contributed by atoms with Gasteiger partial charge in [-0.1, -0.05) is 51.2 Å². The Labute approximate surface area is 151 Å². The van der Waals surface area contributed by atoms with Gasteiger partial charge in [0.2, 0.25) is 5.91 Å². The zero-order chi connectivity index (χ0) is 18.0. The third-order valence-corrected chi connectivity index (χ3v) is 5.29. The van der Waals surface area contributed by atoms with Crippen molar-refractivity contribution in [2.45, 2.75) is 70.1 Å². The van der Waals surface area contributed by atoms with Crippen LogP contribution >= 0.6 is 0 Å². The van der Waals surface area contributed by atoms with E-state index in [1.165, 1.54) is 37.8 Å². The maximum absolute atomic E-state index is 13.2. The van der Waals surface area contributed by atoms with Crippen LogP contribution in [0.5, 0.6) is 0 Å². The molecule has 1 saturated heterocycles. The molecule has 1 aliphatic rings. The summed E-state index contributed by atoms with van der Waals surface area (Å²) in [7, 11) is 0. The van der Waals surface area contributed by atoms with Gasteiger partial charge in [0.25, 0.3) is 0 Å². The molecule has 4 heteroatoms. The van der Waals surface area contributed by atoms with Crippen LogP contribution in [-0.4, -0.2) is 25.7 Å². The van der Waals surface area contributed by atoms with Crippen LogP contribution in [0, 0.1) is 5.82 Å². The molecule has 25 heavy (non-hydrogen) atoms. The zero-order valence-corrected chi connectivity index (χ0v) is 15.5. The molecule has 1 aromatic rings. The van der Waals surface area contributed by atoms with Gasteiger partial charge < -0.3 is 10.1 Å². The van der Waals surface area contributed by atoms with Crippen LogP contribution in [0.1, 0.15) is 70.3 Å². The van der Waals surface area contributed by atoms with Crippen LogP contribution in [0.2, 0.25) is 0 Å². The maximum atomic E-state index is 13.2. The second-order valence-electron chi connectivity index (χ2n) is 7.19. The number of halogens is 1. The number of carbonyl (C=O) groups is 1. The van der Waals surface area contributed by atoms with Crippen LogP contribution in [0.25, 0.3) is 0 Å².